The van der Waals surface area contributed by atoms with Crippen LogP contribution in [0.5, 0.6) is 0 Å². The standard InChI is InChI=1S/C12H19N3O2S.2ClH/c1-9-15-10(8-18-9)2-3-14-12(16)6-11-7-13-4-5-17-11;;/h8,11,13H,2-7H2,1H3,(H,14,16);2*1H. The van der Waals surface area contributed by atoms with Crippen molar-refractivity contribution in [3.63, 3.8) is 0 Å². The van der Waals surface area contributed by atoms with Crippen molar-refractivity contribution in [3.8, 4) is 0 Å². The summed E-state index contributed by atoms with van der Waals surface area (Å²) in [6.07, 6.45) is 1.24. The number of morpholine rings is 1. The summed E-state index contributed by atoms with van der Waals surface area (Å²) < 4.78 is 5.48. The van der Waals surface area contributed by atoms with Crippen LogP contribution in [-0.4, -0.2) is 43.2 Å². The van der Waals surface area contributed by atoms with Gasteiger partial charge in [-0.3, -0.25) is 4.79 Å². The molecular weight excluding hydrogens is 321 g/mol. The van der Waals surface area contributed by atoms with E-state index in [1.807, 2.05) is 12.3 Å². The number of rotatable bonds is 5. The second-order valence-electron chi connectivity index (χ2n) is 4.36. The largest absolute Gasteiger partial charge is 0.375 e. The van der Waals surface area contributed by atoms with Gasteiger partial charge in [-0.2, -0.15) is 0 Å². The minimum atomic E-state index is 0. The Morgan fingerprint density at radius 2 is 2.40 bits per heavy atom. The summed E-state index contributed by atoms with van der Waals surface area (Å²) in [6, 6.07) is 0. The maximum Gasteiger partial charge on any atom is 0.222 e. The van der Waals surface area contributed by atoms with Crippen molar-refractivity contribution >= 4 is 42.1 Å². The van der Waals surface area contributed by atoms with Gasteiger partial charge in [-0.1, -0.05) is 0 Å². The first-order valence-electron chi connectivity index (χ1n) is 6.24. The van der Waals surface area contributed by atoms with Gasteiger partial charge in [0.2, 0.25) is 5.91 Å². The molecule has 8 heteroatoms. The Morgan fingerprint density at radius 3 is 3.00 bits per heavy atom. The number of thiazole rings is 1. The summed E-state index contributed by atoms with van der Waals surface area (Å²) in [5.74, 6) is 0.0515. The third-order valence-electron chi connectivity index (χ3n) is 2.79. The third kappa shape index (κ3) is 6.85. The van der Waals surface area contributed by atoms with E-state index in [0.29, 0.717) is 19.6 Å². The number of halogens is 2. The predicted molar refractivity (Wildman–Crippen MR) is 85.3 cm³/mol. The molecule has 2 N–H and O–H groups in total. The Morgan fingerprint density at radius 1 is 1.60 bits per heavy atom. The van der Waals surface area contributed by atoms with Gasteiger partial charge in [-0.25, -0.2) is 4.98 Å². The molecule has 1 aliphatic rings. The SMILES string of the molecule is Cc1nc(CCNC(=O)CC2CNCCO2)cs1.Cl.Cl. The molecule has 1 amide bonds. The van der Waals surface area contributed by atoms with Crippen molar-refractivity contribution < 1.29 is 9.53 Å². The minimum absolute atomic E-state index is 0. The van der Waals surface area contributed by atoms with E-state index in [9.17, 15) is 4.79 Å². The second-order valence-corrected chi connectivity index (χ2v) is 5.42. The number of nitrogens with zero attached hydrogens (tertiary/aromatic N) is 1. The van der Waals surface area contributed by atoms with Crippen LogP contribution in [0.3, 0.4) is 0 Å². The van der Waals surface area contributed by atoms with E-state index in [1.54, 1.807) is 11.3 Å². The van der Waals surface area contributed by atoms with Gasteiger partial charge in [-0.15, -0.1) is 36.2 Å². The molecule has 116 valence electrons. The highest BCUT2D eigenvalue weighted by Gasteiger charge is 2.16. The molecule has 1 aromatic rings. The zero-order valence-corrected chi connectivity index (χ0v) is 13.8. The second kappa shape index (κ2) is 10.3. The predicted octanol–water partition coefficient (Wildman–Crippen LogP) is 1.33. The number of carbonyl (C=O) groups is 1. The topological polar surface area (TPSA) is 63.2 Å². The zero-order valence-electron chi connectivity index (χ0n) is 11.4. The van der Waals surface area contributed by atoms with Crippen LogP contribution in [0.2, 0.25) is 0 Å². The Kier molecular flexibility index (Phi) is 10.1. The molecule has 0 saturated carbocycles. The Labute approximate surface area is 135 Å². The molecule has 1 aromatic heterocycles. The van der Waals surface area contributed by atoms with Gasteiger partial charge in [-0.05, 0) is 6.92 Å². The van der Waals surface area contributed by atoms with E-state index in [2.05, 4.69) is 15.6 Å². The van der Waals surface area contributed by atoms with Gasteiger partial charge in [0.15, 0.2) is 0 Å². The van der Waals surface area contributed by atoms with Crippen molar-refractivity contribution in [2.75, 3.05) is 26.2 Å². The van der Waals surface area contributed by atoms with Crippen LogP contribution in [0.1, 0.15) is 17.1 Å². The van der Waals surface area contributed by atoms with Crippen LogP contribution in [0.4, 0.5) is 0 Å². The molecular formula is C12H21Cl2N3O2S. The lowest BCUT2D eigenvalue weighted by Gasteiger charge is -2.22. The molecule has 2 heterocycles. The van der Waals surface area contributed by atoms with Crippen molar-refractivity contribution in [2.45, 2.75) is 25.9 Å². The Bertz CT molecular complexity index is 398. The lowest BCUT2D eigenvalue weighted by molar-refractivity contribution is -0.124. The number of hydrogen-bond acceptors (Lipinski definition) is 5. The molecule has 20 heavy (non-hydrogen) atoms. The summed E-state index contributed by atoms with van der Waals surface area (Å²) in [4.78, 5) is 16.0. The monoisotopic (exact) mass is 341 g/mol. The first-order valence-corrected chi connectivity index (χ1v) is 7.12. The molecule has 0 radical (unpaired) electrons. The molecule has 1 unspecified atom stereocenters. The highest BCUT2D eigenvalue weighted by molar-refractivity contribution is 7.09. The molecule has 5 nitrogen and oxygen atoms in total. The zero-order chi connectivity index (χ0) is 12.8. The van der Waals surface area contributed by atoms with Gasteiger partial charge < -0.3 is 15.4 Å². The van der Waals surface area contributed by atoms with Crippen LogP contribution in [-0.2, 0) is 16.0 Å². The maximum atomic E-state index is 11.7. The normalized spacial score (nSPS) is 17.8. The van der Waals surface area contributed by atoms with Gasteiger partial charge in [0.05, 0.1) is 29.8 Å². The highest BCUT2D eigenvalue weighted by atomic mass is 35.5. The van der Waals surface area contributed by atoms with Crippen LogP contribution < -0.4 is 10.6 Å². The lowest BCUT2D eigenvalue weighted by Crippen LogP contribution is -2.41. The first kappa shape index (κ1) is 19.6. The molecule has 1 aliphatic heterocycles. The average Bonchev–Trinajstić information content (AvgIpc) is 2.76. The number of amides is 1. The van der Waals surface area contributed by atoms with Crippen molar-refractivity contribution in [1.29, 1.82) is 0 Å². The summed E-state index contributed by atoms with van der Waals surface area (Å²) in [7, 11) is 0. The summed E-state index contributed by atoms with van der Waals surface area (Å²) in [6.45, 7) is 4.96. The average molecular weight is 342 g/mol. The van der Waals surface area contributed by atoms with E-state index in [-0.39, 0.29) is 36.8 Å². The van der Waals surface area contributed by atoms with E-state index in [0.717, 1.165) is 30.2 Å². The van der Waals surface area contributed by atoms with Gasteiger partial charge in [0, 0.05) is 31.4 Å². The van der Waals surface area contributed by atoms with E-state index in [1.165, 1.54) is 0 Å². The van der Waals surface area contributed by atoms with Crippen LogP contribution in [0.15, 0.2) is 5.38 Å². The highest BCUT2D eigenvalue weighted by Crippen LogP contribution is 2.08. The fourth-order valence-corrected chi connectivity index (χ4v) is 2.53. The number of aromatic nitrogens is 1. The molecule has 0 aliphatic carbocycles. The maximum absolute atomic E-state index is 11.7. The summed E-state index contributed by atoms with van der Waals surface area (Å²) >= 11 is 1.64. The molecule has 0 bridgehead atoms. The van der Waals surface area contributed by atoms with Crippen molar-refractivity contribution in [2.24, 2.45) is 0 Å². The van der Waals surface area contributed by atoms with Gasteiger partial charge in [0.1, 0.15) is 0 Å². The molecule has 2 rings (SSSR count). The van der Waals surface area contributed by atoms with Gasteiger partial charge in [0.25, 0.3) is 0 Å². The fraction of sp³-hybridized carbons (Fsp3) is 0.667. The number of ether oxygens (including phenoxy) is 1. The number of nitrogens with one attached hydrogen (secondary N) is 2. The molecule has 1 saturated heterocycles. The van der Waals surface area contributed by atoms with E-state index >= 15 is 0 Å². The number of aryl methyl sites for hydroxylation is 1. The summed E-state index contributed by atoms with van der Waals surface area (Å²) in [5, 5.41) is 9.22. The number of hydrogen-bond donors (Lipinski definition) is 2. The van der Waals surface area contributed by atoms with E-state index in [4.69, 9.17) is 4.74 Å². The van der Waals surface area contributed by atoms with Crippen molar-refractivity contribution in [1.82, 2.24) is 15.6 Å². The minimum Gasteiger partial charge on any atom is -0.375 e. The van der Waals surface area contributed by atoms with Crippen LogP contribution in [0, 0.1) is 6.92 Å². The van der Waals surface area contributed by atoms with Crippen molar-refractivity contribution in [3.05, 3.63) is 16.1 Å². The van der Waals surface area contributed by atoms with Gasteiger partial charge >= 0.3 is 0 Å². The smallest absolute Gasteiger partial charge is 0.222 e. The third-order valence-corrected chi connectivity index (χ3v) is 3.61. The van der Waals surface area contributed by atoms with Crippen LogP contribution in [0.25, 0.3) is 0 Å². The molecule has 0 aromatic carbocycles. The lowest BCUT2D eigenvalue weighted by atomic mass is 10.2. The first-order chi connectivity index (χ1) is 8.74. The Balaban J connectivity index is 0.00000180. The molecule has 1 atom stereocenters. The molecule has 1 fully saturated rings. The van der Waals surface area contributed by atoms with Crippen LogP contribution >= 0.6 is 36.2 Å². The fourth-order valence-electron chi connectivity index (χ4n) is 1.88. The quantitative estimate of drug-likeness (QED) is 0.848. The summed E-state index contributed by atoms with van der Waals surface area (Å²) in [5.41, 5.74) is 1.05. The molecule has 0 spiro atoms. The number of carbonyl (C=O) groups excluding carboxylic acids is 1. The Hall–Kier alpha value is -0.400. The van der Waals surface area contributed by atoms with E-state index < -0.39 is 0 Å².